The summed E-state index contributed by atoms with van der Waals surface area (Å²) in [6, 6.07) is 13.5. The van der Waals surface area contributed by atoms with Gasteiger partial charge in [0.15, 0.2) is 11.6 Å². The molecule has 0 unspecified atom stereocenters. The van der Waals surface area contributed by atoms with Gasteiger partial charge in [-0.1, -0.05) is 29.8 Å². The third-order valence-electron chi connectivity index (χ3n) is 4.07. The van der Waals surface area contributed by atoms with Crippen molar-refractivity contribution in [1.82, 2.24) is 24.7 Å². The highest BCUT2D eigenvalue weighted by Gasteiger charge is 2.16. The lowest BCUT2D eigenvalue weighted by atomic mass is 10.1. The van der Waals surface area contributed by atoms with Gasteiger partial charge in [-0.2, -0.15) is 15.0 Å². The molecule has 4 aromatic rings. The van der Waals surface area contributed by atoms with Crippen molar-refractivity contribution < 1.29 is 0 Å². The molecule has 0 saturated heterocycles. The Kier molecular flexibility index (Phi) is 4.18. The van der Waals surface area contributed by atoms with Gasteiger partial charge in [-0.3, -0.25) is 0 Å². The molecule has 0 amide bonds. The Bertz CT molecular complexity index is 1190. The molecule has 0 aliphatic rings. The zero-order chi connectivity index (χ0) is 19.0. The number of pyridine rings is 1. The molecule has 0 aliphatic carbocycles. The van der Waals surface area contributed by atoms with Gasteiger partial charge in [0.2, 0.25) is 0 Å². The van der Waals surface area contributed by atoms with E-state index < -0.39 is 0 Å². The zero-order valence-electron chi connectivity index (χ0n) is 14.6. The summed E-state index contributed by atoms with van der Waals surface area (Å²) in [5.41, 5.74) is 2.29. The highest BCUT2D eigenvalue weighted by molar-refractivity contribution is 6.29. The fourth-order valence-corrected chi connectivity index (χ4v) is 3.11. The van der Waals surface area contributed by atoms with Crippen LogP contribution < -0.4 is 5.32 Å². The molecule has 0 radical (unpaired) electrons. The molecule has 0 atom stereocenters. The highest BCUT2D eigenvalue weighted by Crippen LogP contribution is 2.26. The van der Waals surface area contributed by atoms with E-state index in [0.29, 0.717) is 34.0 Å². The summed E-state index contributed by atoms with van der Waals surface area (Å²) in [7, 11) is 0. The largest absolute Gasteiger partial charge is 0.324 e. The van der Waals surface area contributed by atoms with E-state index in [1.807, 2.05) is 37.3 Å². The summed E-state index contributed by atoms with van der Waals surface area (Å²) in [5, 5.41) is 18.3. The summed E-state index contributed by atoms with van der Waals surface area (Å²) >= 11 is 6.02. The third-order valence-corrected chi connectivity index (χ3v) is 4.26. The lowest BCUT2D eigenvalue weighted by Crippen LogP contribution is -2.07. The number of nitriles is 1. The molecule has 132 valence electrons. The van der Waals surface area contributed by atoms with Crippen LogP contribution in [-0.4, -0.2) is 24.7 Å². The molecular formula is C19H14ClN7. The molecule has 3 aromatic heterocycles. The van der Waals surface area contributed by atoms with E-state index in [9.17, 15) is 5.26 Å². The lowest BCUT2D eigenvalue weighted by Gasteiger charge is -2.11. The van der Waals surface area contributed by atoms with Crippen LogP contribution in [0.1, 0.15) is 17.0 Å². The normalized spacial score (nSPS) is 10.7. The van der Waals surface area contributed by atoms with Crippen LogP contribution in [0.15, 0.2) is 42.6 Å². The first-order valence-corrected chi connectivity index (χ1v) is 8.56. The lowest BCUT2D eigenvalue weighted by molar-refractivity contribution is 0.857. The molecule has 3 heterocycles. The van der Waals surface area contributed by atoms with E-state index in [-0.39, 0.29) is 0 Å². The number of hydrogen-bond acceptors (Lipinski definition) is 6. The van der Waals surface area contributed by atoms with E-state index in [2.05, 4.69) is 31.4 Å². The Morgan fingerprint density at radius 2 is 1.93 bits per heavy atom. The topological polar surface area (TPSA) is 92.3 Å². The van der Waals surface area contributed by atoms with Crippen LogP contribution >= 0.6 is 11.6 Å². The van der Waals surface area contributed by atoms with E-state index in [0.717, 1.165) is 16.5 Å². The predicted octanol–water partition coefficient (Wildman–Crippen LogP) is 4.10. The minimum absolute atomic E-state index is 0.314. The Labute approximate surface area is 160 Å². The van der Waals surface area contributed by atoms with E-state index in [1.165, 1.54) is 6.20 Å². The van der Waals surface area contributed by atoms with E-state index in [4.69, 9.17) is 11.6 Å². The summed E-state index contributed by atoms with van der Waals surface area (Å²) in [6.07, 6.45) is 1.49. The van der Waals surface area contributed by atoms with E-state index in [1.54, 1.807) is 17.7 Å². The van der Waals surface area contributed by atoms with Gasteiger partial charge >= 0.3 is 0 Å². The number of nitrogens with zero attached hydrogens (tertiary/aromatic N) is 6. The molecule has 27 heavy (non-hydrogen) atoms. The van der Waals surface area contributed by atoms with Crippen molar-refractivity contribution in [3.05, 3.63) is 64.7 Å². The number of benzene rings is 1. The number of fused-ring (bicyclic) bond motifs is 1. The molecule has 0 spiro atoms. The molecule has 0 aliphatic heterocycles. The van der Waals surface area contributed by atoms with Crippen molar-refractivity contribution in [3.8, 4) is 11.9 Å². The summed E-state index contributed by atoms with van der Waals surface area (Å²) in [6.45, 7) is 3.76. The van der Waals surface area contributed by atoms with E-state index >= 15 is 0 Å². The molecule has 7 nitrogen and oxygen atoms in total. The molecule has 0 fully saturated rings. The van der Waals surface area contributed by atoms with Crippen molar-refractivity contribution >= 4 is 34.1 Å². The predicted molar refractivity (Wildman–Crippen MR) is 103 cm³/mol. The fourth-order valence-electron chi connectivity index (χ4n) is 2.88. The maximum atomic E-state index is 9.47. The highest BCUT2D eigenvalue weighted by atomic mass is 35.5. The van der Waals surface area contributed by atoms with Crippen LogP contribution in [0, 0.1) is 25.2 Å². The van der Waals surface area contributed by atoms with Gasteiger partial charge in [-0.05, 0) is 31.5 Å². The van der Waals surface area contributed by atoms with Crippen LogP contribution in [0.25, 0.3) is 16.7 Å². The Balaban J connectivity index is 1.85. The Hall–Kier alpha value is -3.50. The average Bonchev–Trinajstić information content (AvgIpc) is 3.03. The first-order chi connectivity index (χ1) is 13.0. The van der Waals surface area contributed by atoms with Gasteiger partial charge in [0.1, 0.15) is 28.4 Å². The summed E-state index contributed by atoms with van der Waals surface area (Å²) in [5.74, 6) is 2.07. The number of halogens is 1. The molecule has 0 saturated carbocycles. The van der Waals surface area contributed by atoms with Gasteiger partial charge in [0.05, 0.1) is 11.7 Å². The minimum atomic E-state index is 0.314. The monoisotopic (exact) mass is 375 g/mol. The van der Waals surface area contributed by atoms with Crippen molar-refractivity contribution in [3.63, 3.8) is 0 Å². The Morgan fingerprint density at radius 3 is 2.70 bits per heavy atom. The minimum Gasteiger partial charge on any atom is -0.324 e. The molecule has 1 N–H and O–H groups in total. The van der Waals surface area contributed by atoms with Gasteiger partial charge in [-0.25, -0.2) is 15.0 Å². The first-order valence-electron chi connectivity index (χ1n) is 8.18. The van der Waals surface area contributed by atoms with Crippen molar-refractivity contribution in [2.45, 2.75) is 13.8 Å². The van der Waals surface area contributed by atoms with Crippen LogP contribution in [-0.2, 0) is 0 Å². The van der Waals surface area contributed by atoms with Crippen molar-refractivity contribution in [2.75, 3.05) is 5.32 Å². The smallest absolute Gasteiger partial charge is 0.156 e. The Morgan fingerprint density at radius 1 is 1.11 bits per heavy atom. The second kappa shape index (κ2) is 6.67. The van der Waals surface area contributed by atoms with Crippen molar-refractivity contribution in [1.29, 1.82) is 5.26 Å². The molecule has 0 bridgehead atoms. The average molecular weight is 376 g/mol. The van der Waals surface area contributed by atoms with Crippen LogP contribution in [0.5, 0.6) is 0 Å². The molecule has 8 heteroatoms. The van der Waals surface area contributed by atoms with Gasteiger partial charge in [0, 0.05) is 11.5 Å². The second-order valence-electron chi connectivity index (χ2n) is 5.99. The molecule has 4 rings (SSSR count). The van der Waals surface area contributed by atoms with Crippen LogP contribution in [0.3, 0.4) is 0 Å². The number of aryl methyl sites for hydroxylation is 2. The van der Waals surface area contributed by atoms with Gasteiger partial charge in [0.25, 0.3) is 0 Å². The quantitative estimate of drug-likeness (QED) is 0.542. The fraction of sp³-hybridized carbons (Fsp3) is 0.105. The summed E-state index contributed by atoms with van der Waals surface area (Å²) in [4.78, 5) is 13.0. The zero-order valence-corrected chi connectivity index (χ0v) is 15.4. The number of anilines is 2. The second-order valence-corrected chi connectivity index (χ2v) is 6.38. The first kappa shape index (κ1) is 16.9. The molecule has 1 aromatic carbocycles. The number of para-hydroxylation sites is 1. The molecular weight excluding hydrogens is 362 g/mol. The van der Waals surface area contributed by atoms with Crippen LogP contribution in [0.4, 0.5) is 11.6 Å². The number of aromatic nitrogens is 5. The number of nitrogens with one attached hydrogen (secondary N) is 1. The maximum absolute atomic E-state index is 9.47. The summed E-state index contributed by atoms with van der Waals surface area (Å²) < 4.78 is 1.59. The van der Waals surface area contributed by atoms with Gasteiger partial charge in [-0.15, -0.1) is 0 Å². The third kappa shape index (κ3) is 3.18. The number of rotatable bonds is 3. The SMILES string of the molecule is Cc1nc(Cl)cc(Nc2c(C#N)cnn2-c2cc(C)c3ccccc3n2)n1. The van der Waals surface area contributed by atoms with Gasteiger partial charge < -0.3 is 5.32 Å². The standard InChI is InChI=1S/C19H14ClN7/c1-11-7-18(25-15-6-4-3-5-14(11)15)27-19(13(9-21)10-22-27)26-17-8-16(20)23-12(2)24-17/h3-8,10H,1-2H3,(H,23,24,26). The number of hydrogen-bond donors (Lipinski definition) is 1. The van der Waals surface area contributed by atoms with Crippen LogP contribution in [0.2, 0.25) is 5.15 Å². The van der Waals surface area contributed by atoms with Crippen molar-refractivity contribution in [2.24, 2.45) is 0 Å². The maximum Gasteiger partial charge on any atom is 0.156 e.